The van der Waals surface area contributed by atoms with Crippen LogP contribution < -0.4 is 15.5 Å². The highest BCUT2D eigenvalue weighted by Crippen LogP contribution is 2.49. The largest absolute Gasteiger partial charge is 0.508 e. The lowest BCUT2D eigenvalue weighted by atomic mass is 9.78. The van der Waals surface area contributed by atoms with Crippen LogP contribution in [-0.2, 0) is 38.9 Å². The molecule has 2 atom stereocenters. The van der Waals surface area contributed by atoms with E-state index in [2.05, 4.69) is 5.32 Å². The first-order valence-electron chi connectivity index (χ1n) is 23.8. The van der Waals surface area contributed by atoms with Gasteiger partial charge in [-0.1, -0.05) is 98.0 Å². The Morgan fingerprint density at radius 3 is 2.03 bits per heavy atom. The van der Waals surface area contributed by atoms with Crippen LogP contribution in [0.15, 0.2) is 118 Å². The predicted octanol–water partition coefficient (Wildman–Crippen LogP) is 10.6. The van der Waals surface area contributed by atoms with Gasteiger partial charge in [0.05, 0.1) is 16.7 Å². The Morgan fingerprint density at radius 1 is 0.797 bits per heavy atom. The van der Waals surface area contributed by atoms with E-state index in [0.29, 0.717) is 42.0 Å². The first-order valence-corrected chi connectivity index (χ1v) is 27.6. The highest BCUT2D eigenvalue weighted by molar-refractivity contribution is 8.47. The summed E-state index contributed by atoms with van der Waals surface area (Å²) in [5, 5.41) is 14.2. The second-order valence-electron chi connectivity index (χ2n) is 19.7. The van der Waals surface area contributed by atoms with Crippen LogP contribution in [-0.4, -0.2) is 78.1 Å². The Morgan fingerprint density at radius 2 is 1.42 bits per heavy atom. The van der Waals surface area contributed by atoms with Gasteiger partial charge in [-0.3, -0.25) is 28.5 Å². The molecule has 3 amide bonds. The number of thioether (sulfide) groups is 2. The van der Waals surface area contributed by atoms with Crippen molar-refractivity contribution in [1.82, 2.24) is 10.4 Å². The zero-order valence-electron chi connectivity index (χ0n) is 41.6. The lowest BCUT2D eigenvalue weighted by Gasteiger charge is -2.35. The quantitative estimate of drug-likeness (QED) is 0.0130. The Balaban J connectivity index is 1.42. The van der Waals surface area contributed by atoms with Crippen LogP contribution in [0, 0.1) is 11.3 Å². The lowest BCUT2D eigenvalue weighted by molar-refractivity contribution is -0.204. The van der Waals surface area contributed by atoms with Crippen molar-refractivity contribution in [2.24, 2.45) is 11.3 Å². The molecule has 1 fully saturated rings. The third-order valence-corrected chi connectivity index (χ3v) is 16.4. The number of amides is 3. The number of hydroxylamine groups is 2. The van der Waals surface area contributed by atoms with Crippen LogP contribution in [0.5, 0.6) is 11.5 Å². The van der Waals surface area contributed by atoms with Crippen LogP contribution in [0.4, 0.5) is 0 Å². The van der Waals surface area contributed by atoms with Crippen molar-refractivity contribution >= 4 is 90.0 Å². The maximum absolute atomic E-state index is 15.7. The molecule has 3 aliphatic rings. The number of esters is 1. The molecule has 2 unspecified atom stereocenters. The number of hydrogen-bond donors (Lipinski definition) is 3. The van der Waals surface area contributed by atoms with Crippen molar-refractivity contribution < 1.29 is 56.0 Å². The molecule has 2 heterocycles. The van der Waals surface area contributed by atoms with Gasteiger partial charge < -0.3 is 24.4 Å². The summed E-state index contributed by atoms with van der Waals surface area (Å²) >= 11 is 8.25. The predicted molar refractivity (Wildman–Crippen MR) is 291 cm³/mol. The molecule has 0 radical (unpaired) electrons. The normalized spacial score (nSPS) is 14.4. The van der Waals surface area contributed by atoms with Gasteiger partial charge in [-0.2, -0.15) is 8.42 Å². The van der Waals surface area contributed by atoms with Gasteiger partial charge in [0.2, 0.25) is 5.91 Å². The van der Waals surface area contributed by atoms with Crippen molar-refractivity contribution in [3.05, 3.63) is 119 Å². The maximum atomic E-state index is 15.7. The standard InChI is InChI=1S/C55H56N2O13S4/c1-7-8-25-72-52(71)73-55(6,31-35(49(62)56-54(4,5)32-74(65,66)67)30-53(2,3)50(63)70-57-46(60)23-24-47(57)61)51(64)69-45-29-41(34-17-13-10-14-18-34)40(33-15-11-9-12-16-33)28-42(45)48-38-21-19-36(58)26-43(38)68-44-27-37(59)20-22-39(44)48/h9-22,26-29,35,58H,7-8,23-25,30-32H2,1-6H3,(H,56,62)(H,65,66,67). The molecule has 7 rings (SSSR count). The van der Waals surface area contributed by atoms with E-state index in [4.69, 9.17) is 26.2 Å². The van der Waals surface area contributed by atoms with Gasteiger partial charge in [0, 0.05) is 53.0 Å². The fourth-order valence-electron chi connectivity index (χ4n) is 8.83. The number of carbonyl (C=O) groups excluding carboxylic acids is 5. The zero-order chi connectivity index (χ0) is 53.8. The number of nitrogens with one attached hydrogen (secondary N) is 1. The number of phenolic OH excluding ortho intramolecular Hbond substituents is 1. The number of benzene rings is 5. The van der Waals surface area contributed by atoms with Gasteiger partial charge >= 0.3 is 11.9 Å². The zero-order valence-corrected chi connectivity index (χ0v) is 44.9. The second-order valence-corrected chi connectivity index (χ2v) is 24.9. The van der Waals surface area contributed by atoms with Crippen molar-refractivity contribution in [1.29, 1.82) is 0 Å². The summed E-state index contributed by atoms with van der Waals surface area (Å²) in [6, 6.07) is 31.6. The first kappa shape index (κ1) is 55.4. The van der Waals surface area contributed by atoms with E-state index in [1.54, 1.807) is 25.1 Å². The topological polar surface area (TPSA) is 224 Å². The van der Waals surface area contributed by atoms with Crippen LogP contribution >= 0.6 is 35.7 Å². The van der Waals surface area contributed by atoms with E-state index in [0.717, 1.165) is 41.3 Å². The minimum absolute atomic E-state index is 0.0529. The molecule has 19 heteroatoms. The van der Waals surface area contributed by atoms with E-state index in [9.17, 15) is 42.0 Å². The second kappa shape index (κ2) is 22.6. The SMILES string of the molecule is CCCCSC(=S)SC(C)(CC(CC(C)(C)C(=O)ON1C(=O)CCC1=O)C(=O)NC(C)(C)CS(=O)(=O)O)C(=O)Oc1cc(-c2ccccc2)c(-c2ccccc2)cc1-c1c2ccc(=O)cc-2oc2cc(O)ccc12. The Kier molecular flexibility index (Phi) is 16.9. The van der Waals surface area contributed by atoms with Crippen LogP contribution in [0.2, 0.25) is 0 Å². The van der Waals surface area contributed by atoms with Crippen LogP contribution in [0.1, 0.15) is 80.1 Å². The summed E-state index contributed by atoms with van der Waals surface area (Å²) in [6.45, 7) is 9.24. The number of hydrogen-bond acceptors (Lipinski definition) is 15. The molecule has 15 nitrogen and oxygen atoms in total. The molecule has 388 valence electrons. The number of nitrogens with zero attached hydrogens (tertiary/aromatic N) is 1. The molecule has 74 heavy (non-hydrogen) atoms. The summed E-state index contributed by atoms with van der Waals surface area (Å²) in [5.74, 6) is -5.60. The number of phenols is 1. The summed E-state index contributed by atoms with van der Waals surface area (Å²) in [7, 11) is -4.63. The van der Waals surface area contributed by atoms with Crippen molar-refractivity contribution in [2.45, 2.75) is 90.4 Å². The number of aromatic hydroxyl groups is 1. The molecule has 2 aliphatic heterocycles. The smallest absolute Gasteiger partial charge is 0.338 e. The molecule has 0 aromatic heterocycles. The average molecular weight is 1080 g/mol. The number of ether oxygens (including phenoxy) is 1. The number of carbonyl (C=O) groups is 5. The molecular weight excluding hydrogens is 1020 g/mol. The number of rotatable bonds is 19. The molecule has 1 saturated heterocycles. The van der Waals surface area contributed by atoms with Gasteiger partial charge in [-0.25, -0.2) is 4.79 Å². The van der Waals surface area contributed by atoms with Crippen molar-refractivity contribution in [2.75, 3.05) is 11.5 Å². The third-order valence-electron chi connectivity index (χ3n) is 12.4. The molecule has 4 aromatic rings. The Bertz CT molecular complexity index is 3270. The van der Waals surface area contributed by atoms with Crippen molar-refractivity contribution in [3.8, 4) is 56.2 Å². The molecule has 0 saturated carbocycles. The fourth-order valence-corrected chi connectivity index (χ4v) is 13.0. The number of imide groups is 1. The highest BCUT2D eigenvalue weighted by Gasteiger charge is 2.47. The van der Waals surface area contributed by atoms with Gasteiger partial charge in [0.1, 0.15) is 31.1 Å². The van der Waals surface area contributed by atoms with Gasteiger partial charge in [-0.05, 0) is 118 Å². The maximum Gasteiger partial charge on any atom is 0.338 e. The lowest BCUT2D eigenvalue weighted by Crippen LogP contribution is -2.52. The van der Waals surface area contributed by atoms with Crippen molar-refractivity contribution in [3.63, 3.8) is 0 Å². The third kappa shape index (κ3) is 13.3. The van der Waals surface area contributed by atoms with Gasteiger partial charge in [0.25, 0.3) is 21.9 Å². The summed E-state index contributed by atoms with van der Waals surface area (Å²) in [4.78, 5) is 87.6. The highest BCUT2D eigenvalue weighted by atomic mass is 32.2. The van der Waals surface area contributed by atoms with Crippen LogP contribution in [0.25, 0.3) is 55.7 Å². The molecular formula is C55H56N2O13S4. The van der Waals surface area contributed by atoms with Crippen LogP contribution in [0.3, 0.4) is 0 Å². The van der Waals surface area contributed by atoms with E-state index < -0.39 is 67.1 Å². The summed E-state index contributed by atoms with van der Waals surface area (Å²) in [5.41, 5.74) is 1.06. The molecule has 1 aliphatic carbocycles. The van der Waals surface area contributed by atoms with E-state index >= 15 is 4.79 Å². The summed E-state index contributed by atoms with van der Waals surface area (Å²) in [6.07, 6.45) is 0.586. The minimum atomic E-state index is -4.63. The van der Waals surface area contributed by atoms with Gasteiger partial charge in [0.15, 0.2) is 5.43 Å². The average Bonchev–Trinajstić information content (AvgIpc) is 3.64. The molecule has 4 aromatic carbocycles. The van der Waals surface area contributed by atoms with E-state index in [1.165, 1.54) is 63.7 Å². The molecule has 0 bridgehead atoms. The summed E-state index contributed by atoms with van der Waals surface area (Å²) < 4.78 is 45.7. The number of thiocarbonyl (C=S) groups is 1. The monoisotopic (exact) mass is 1080 g/mol. The van der Waals surface area contributed by atoms with E-state index in [-0.39, 0.29) is 54.0 Å². The first-order chi connectivity index (χ1) is 34.9. The minimum Gasteiger partial charge on any atom is -0.508 e. The molecule has 3 N–H and O–H groups in total. The number of fused-ring (bicyclic) bond motifs is 2. The number of unbranched alkanes of at least 4 members (excludes halogenated alkanes) is 1. The molecule has 0 spiro atoms. The van der Waals surface area contributed by atoms with Gasteiger partial charge in [-0.15, -0.1) is 16.8 Å². The Labute approximate surface area is 442 Å². The Hall–Kier alpha value is -6.38. The fraction of sp³-hybridized carbons (Fsp3) is 0.327. The van der Waals surface area contributed by atoms with E-state index in [1.807, 2.05) is 73.7 Å².